The Morgan fingerprint density at radius 3 is 2.54 bits per heavy atom. The van der Waals surface area contributed by atoms with E-state index in [-0.39, 0.29) is 12.1 Å². The van der Waals surface area contributed by atoms with Crippen molar-refractivity contribution in [2.75, 3.05) is 10.6 Å². The van der Waals surface area contributed by atoms with Gasteiger partial charge < -0.3 is 15.7 Å². The fourth-order valence-electron chi connectivity index (χ4n) is 3.69. The van der Waals surface area contributed by atoms with Crippen molar-refractivity contribution in [3.05, 3.63) is 41.6 Å². The summed E-state index contributed by atoms with van der Waals surface area (Å²) in [7, 11) is 0. The quantitative estimate of drug-likeness (QED) is 0.519. The van der Waals surface area contributed by atoms with Gasteiger partial charge in [0.05, 0.1) is 11.8 Å². The Bertz CT molecular complexity index is 915. The van der Waals surface area contributed by atoms with E-state index in [9.17, 15) is 5.11 Å². The predicted molar refractivity (Wildman–Crippen MR) is 111 cm³/mol. The molecule has 148 valence electrons. The van der Waals surface area contributed by atoms with Crippen LogP contribution in [0.25, 0.3) is 11.0 Å². The highest BCUT2D eigenvalue weighted by Gasteiger charge is 2.22. The molecule has 1 saturated carbocycles. The normalized spacial score (nSPS) is 19.9. The number of aromatic amines is 1. The molecule has 1 fully saturated rings. The third-order valence-electron chi connectivity index (χ3n) is 5.34. The van der Waals surface area contributed by atoms with Crippen LogP contribution in [0.5, 0.6) is 0 Å². The summed E-state index contributed by atoms with van der Waals surface area (Å²) < 4.78 is 0. The van der Waals surface area contributed by atoms with E-state index < -0.39 is 0 Å². The van der Waals surface area contributed by atoms with Crippen molar-refractivity contribution in [2.24, 2.45) is 0 Å². The number of aliphatic hydroxyl groups excluding tert-OH is 1. The fraction of sp³-hybridized carbons (Fsp3) is 0.476. The zero-order valence-corrected chi connectivity index (χ0v) is 16.4. The van der Waals surface area contributed by atoms with Crippen LogP contribution in [-0.2, 0) is 6.54 Å². The van der Waals surface area contributed by atoms with E-state index in [0.29, 0.717) is 18.4 Å². The van der Waals surface area contributed by atoms with E-state index in [1.54, 1.807) is 0 Å². The van der Waals surface area contributed by atoms with E-state index in [4.69, 9.17) is 9.97 Å². The summed E-state index contributed by atoms with van der Waals surface area (Å²) in [6, 6.07) is 10.5. The van der Waals surface area contributed by atoms with Crippen LogP contribution in [0.15, 0.2) is 30.3 Å². The Morgan fingerprint density at radius 2 is 1.82 bits per heavy atom. The maximum Gasteiger partial charge on any atom is 0.225 e. The van der Waals surface area contributed by atoms with Gasteiger partial charge in [-0.3, -0.25) is 5.10 Å². The molecule has 1 aliphatic carbocycles. The Kier molecular flexibility index (Phi) is 5.43. The highest BCUT2D eigenvalue weighted by Crippen LogP contribution is 2.28. The monoisotopic (exact) mass is 380 g/mol. The molecule has 4 N–H and O–H groups in total. The number of nitrogens with one attached hydrogen (secondary N) is 3. The number of hydrogen-bond acceptors (Lipinski definition) is 6. The van der Waals surface area contributed by atoms with Gasteiger partial charge in [-0.2, -0.15) is 10.1 Å². The molecule has 3 aromatic rings. The lowest BCUT2D eigenvalue weighted by Crippen LogP contribution is -2.29. The minimum absolute atomic E-state index is 0.175. The third kappa shape index (κ3) is 4.09. The fourth-order valence-corrected chi connectivity index (χ4v) is 3.69. The number of fused-ring (bicyclic) bond motifs is 1. The van der Waals surface area contributed by atoms with Gasteiger partial charge in [0.15, 0.2) is 11.3 Å². The second-order valence-electron chi connectivity index (χ2n) is 7.87. The first-order valence-corrected chi connectivity index (χ1v) is 10.1. The van der Waals surface area contributed by atoms with Gasteiger partial charge in [-0.1, -0.05) is 44.2 Å². The van der Waals surface area contributed by atoms with Gasteiger partial charge in [0.1, 0.15) is 5.52 Å². The Morgan fingerprint density at radius 1 is 1.07 bits per heavy atom. The first-order valence-electron chi connectivity index (χ1n) is 10.1. The van der Waals surface area contributed by atoms with Gasteiger partial charge >= 0.3 is 0 Å². The molecular formula is C21H28N6O. The SMILES string of the molecule is CC(C)c1[nH]nc2c(NCc3ccccc3)nc(NC3CCC(O)CC3)nc12. The number of aliphatic hydroxyl groups is 1. The first-order chi connectivity index (χ1) is 13.6. The van der Waals surface area contributed by atoms with Gasteiger partial charge in [0, 0.05) is 12.6 Å². The van der Waals surface area contributed by atoms with E-state index in [0.717, 1.165) is 48.2 Å². The molecule has 0 saturated heterocycles. The summed E-state index contributed by atoms with van der Waals surface area (Å²) in [4.78, 5) is 9.49. The number of aromatic nitrogens is 4. The second-order valence-corrected chi connectivity index (χ2v) is 7.87. The second kappa shape index (κ2) is 8.14. The molecule has 0 unspecified atom stereocenters. The van der Waals surface area contributed by atoms with Gasteiger partial charge in [0.2, 0.25) is 5.95 Å². The van der Waals surface area contributed by atoms with Crippen molar-refractivity contribution < 1.29 is 5.11 Å². The molecule has 2 aromatic heterocycles. The van der Waals surface area contributed by atoms with Crippen LogP contribution in [-0.4, -0.2) is 37.4 Å². The van der Waals surface area contributed by atoms with Crippen molar-refractivity contribution in [1.29, 1.82) is 0 Å². The lowest BCUT2D eigenvalue weighted by molar-refractivity contribution is 0.126. The first kappa shape index (κ1) is 18.7. The number of nitrogens with zero attached hydrogens (tertiary/aromatic N) is 3. The average Bonchev–Trinajstić information content (AvgIpc) is 3.13. The van der Waals surface area contributed by atoms with Crippen LogP contribution >= 0.6 is 0 Å². The lowest BCUT2D eigenvalue weighted by Gasteiger charge is -2.26. The maximum atomic E-state index is 9.74. The summed E-state index contributed by atoms with van der Waals surface area (Å²) >= 11 is 0. The summed E-state index contributed by atoms with van der Waals surface area (Å²) in [6.07, 6.45) is 3.32. The van der Waals surface area contributed by atoms with Crippen LogP contribution < -0.4 is 10.6 Å². The van der Waals surface area contributed by atoms with Crippen LogP contribution in [0.1, 0.15) is 56.7 Å². The molecule has 4 rings (SSSR count). The lowest BCUT2D eigenvalue weighted by atomic mass is 9.93. The number of benzene rings is 1. The molecule has 0 aliphatic heterocycles. The molecule has 7 heteroatoms. The average molecular weight is 380 g/mol. The number of hydrogen-bond donors (Lipinski definition) is 4. The molecule has 0 bridgehead atoms. The van der Waals surface area contributed by atoms with E-state index in [2.05, 4.69) is 46.8 Å². The minimum atomic E-state index is -0.175. The largest absolute Gasteiger partial charge is 0.393 e. The molecule has 1 aliphatic rings. The van der Waals surface area contributed by atoms with Gasteiger partial charge in [-0.15, -0.1) is 0 Å². The van der Waals surface area contributed by atoms with Crippen molar-refractivity contribution in [2.45, 2.75) is 64.1 Å². The van der Waals surface area contributed by atoms with Crippen molar-refractivity contribution in [3.63, 3.8) is 0 Å². The van der Waals surface area contributed by atoms with E-state index >= 15 is 0 Å². The number of rotatable bonds is 6. The van der Waals surface area contributed by atoms with Crippen molar-refractivity contribution in [1.82, 2.24) is 20.2 Å². The summed E-state index contributed by atoms with van der Waals surface area (Å²) in [5.74, 6) is 1.64. The molecule has 0 amide bonds. The molecule has 0 spiro atoms. The van der Waals surface area contributed by atoms with Gasteiger partial charge in [-0.25, -0.2) is 4.98 Å². The molecule has 1 aromatic carbocycles. The van der Waals surface area contributed by atoms with Crippen LogP contribution in [0.3, 0.4) is 0 Å². The highest BCUT2D eigenvalue weighted by atomic mass is 16.3. The zero-order chi connectivity index (χ0) is 19.5. The van der Waals surface area contributed by atoms with E-state index in [1.807, 2.05) is 18.2 Å². The molecule has 7 nitrogen and oxygen atoms in total. The summed E-state index contributed by atoms with van der Waals surface area (Å²) in [5, 5.41) is 24.3. The maximum absolute atomic E-state index is 9.74. The van der Waals surface area contributed by atoms with Crippen molar-refractivity contribution in [3.8, 4) is 0 Å². The van der Waals surface area contributed by atoms with Crippen LogP contribution in [0.2, 0.25) is 0 Å². The van der Waals surface area contributed by atoms with Gasteiger partial charge in [-0.05, 0) is 37.2 Å². The Balaban J connectivity index is 1.62. The number of H-pyrrole nitrogens is 1. The standard InChI is InChI=1S/C21H28N6O/c1-13(2)17-18-19(27-26-17)20(22-12-14-6-4-3-5-7-14)25-21(24-18)23-15-8-10-16(28)11-9-15/h3-7,13,15-16,28H,8-12H2,1-2H3,(H,26,27)(H2,22,23,24,25). The number of anilines is 2. The summed E-state index contributed by atoms with van der Waals surface area (Å²) in [6.45, 7) is 4.93. The predicted octanol–water partition coefficient (Wildman–Crippen LogP) is 3.80. The smallest absolute Gasteiger partial charge is 0.225 e. The molecule has 0 radical (unpaired) electrons. The topological polar surface area (TPSA) is 98.8 Å². The van der Waals surface area contributed by atoms with Crippen LogP contribution in [0, 0.1) is 0 Å². The van der Waals surface area contributed by atoms with Crippen molar-refractivity contribution >= 4 is 22.8 Å². The van der Waals surface area contributed by atoms with Crippen LogP contribution in [0.4, 0.5) is 11.8 Å². The molecule has 2 heterocycles. The summed E-state index contributed by atoms with van der Waals surface area (Å²) in [5.41, 5.74) is 3.83. The van der Waals surface area contributed by atoms with E-state index in [1.165, 1.54) is 5.56 Å². The molecular weight excluding hydrogens is 352 g/mol. The Labute approximate surface area is 165 Å². The van der Waals surface area contributed by atoms with Gasteiger partial charge in [0.25, 0.3) is 0 Å². The minimum Gasteiger partial charge on any atom is -0.393 e. The highest BCUT2D eigenvalue weighted by molar-refractivity contribution is 5.88. The zero-order valence-electron chi connectivity index (χ0n) is 16.4. The third-order valence-corrected chi connectivity index (χ3v) is 5.34. The molecule has 0 atom stereocenters. The molecule has 28 heavy (non-hydrogen) atoms. The Hall–Kier alpha value is -2.67.